The van der Waals surface area contributed by atoms with Gasteiger partial charge < -0.3 is 9.84 Å². The minimum absolute atomic E-state index is 0.0167. The molecule has 0 amide bonds. The molecule has 0 spiro atoms. The molecule has 116 valence electrons. The van der Waals surface area contributed by atoms with Crippen LogP contribution in [0, 0.1) is 0 Å². The summed E-state index contributed by atoms with van der Waals surface area (Å²) >= 11 is 5.58. The highest BCUT2D eigenvalue weighted by Crippen LogP contribution is 2.36. The Morgan fingerprint density at radius 2 is 1.91 bits per heavy atom. The quantitative estimate of drug-likeness (QED) is 0.888. The van der Waals surface area contributed by atoms with Crippen LogP contribution >= 0.6 is 11.6 Å². The van der Waals surface area contributed by atoms with E-state index in [2.05, 4.69) is 0 Å². The van der Waals surface area contributed by atoms with Crippen molar-refractivity contribution in [1.82, 2.24) is 0 Å². The monoisotopic (exact) mass is 330 g/mol. The third-order valence-corrected chi connectivity index (χ3v) is 3.14. The summed E-state index contributed by atoms with van der Waals surface area (Å²) in [4.78, 5) is 10.8. The molecule has 0 bridgehead atoms. The van der Waals surface area contributed by atoms with Gasteiger partial charge in [-0.25, -0.2) is 4.79 Å². The Labute approximate surface area is 128 Å². The topological polar surface area (TPSA) is 46.5 Å². The van der Waals surface area contributed by atoms with Gasteiger partial charge in [0.05, 0.1) is 16.1 Å². The molecule has 2 rings (SSSR count). The SMILES string of the molecule is O=C(O)c1cccc(COc2ccc(C(F)(F)F)c(Cl)c2)c1. The first kappa shape index (κ1) is 16.2. The summed E-state index contributed by atoms with van der Waals surface area (Å²) in [6.07, 6.45) is -4.52. The smallest absolute Gasteiger partial charge is 0.417 e. The Balaban J connectivity index is 2.11. The van der Waals surface area contributed by atoms with E-state index in [1.54, 1.807) is 12.1 Å². The highest BCUT2D eigenvalue weighted by atomic mass is 35.5. The van der Waals surface area contributed by atoms with Crippen LogP contribution in [0.3, 0.4) is 0 Å². The van der Waals surface area contributed by atoms with Crippen LogP contribution in [-0.4, -0.2) is 11.1 Å². The maximum atomic E-state index is 12.6. The summed E-state index contributed by atoms with van der Waals surface area (Å²) < 4.78 is 43.0. The number of rotatable bonds is 4. The third kappa shape index (κ3) is 3.92. The minimum Gasteiger partial charge on any atom is -0.489 e. The lowest BCUT2D eigenvalue weighted by Crippen LogP contribution is -2.06. The van der Waals surface area contributed by atoms with Crippen LogP contribution in [0.15, 0.2) is 42.5 Å². The molecule has 0 saturated heterocycles. The van der Waals surface area contributed by atoms with Gasteiger partial charge in [0.2, 0.25) is 0 Å². The first-order chi connectivity index (χ1) is 10.3. The highest BCUT2D eigenvalue weighted by Gasteiger charge is 2.33. The predicted octanol–water partition coefficient (Wildman–Crippen LogP) is 4.64. The zero-order valence-electron chi connectivity index (χ0n) is 11.0. The Morgan fingerprint density at radius 1 is 1.18 bits per heavy atom. The lowest BCUT2D eigenvalue weighted by atomic mass is 10.1. The molecule has 0 aromatic heterocycles. The van der Waals surface area contributed by atoms with Crippen molar-refractivity contribution in [2.45, 2.75) is 12.8 Å². The average molecular weight is 331 g/mol. The van der Waals surface area contributed by atoms with Crippen molar-refractivity contribution < 1.29 is 27.8 Å². The molecule has 0 fully saturated rings. The first-order valence-corrected chi connectivity index (χ1v) is 6.47. The van der Waals surface area contributed by atoms with E-state index in [4.69, 9.17) is 21.4 Å². The van der Waals surface area contributed by atoms with Crippen LogP contribution < -0.4 is 4.74 Å². The van der Waals surface area contributed by atoms with Gasteiger partial charge in [-0.15, -0.1) is 0 Å². The van der Waals surface area contributed by atoms with Gasteiger partial charge in [-0.1, -0.05) is 23.7 Å². The second kappa shape index (κ2) is 6.27. The second-order valence-corrected chi connectivity index (χ2v) is 4.84. The molecule has 0 aliphatic carbocycles. The first-order valence-electron chi connectivity index (χ1n) is 6.09. The maximum absolute atomic E-state index is 12.6. The van der Waals surface area contributed by atoms with Crippen molar-refractivity contribution in [3.8, 4) is 5.75 Å². The Kier molecular flexibility index (Phi) is 4.61. The summed E-state index contributed by atoms with van der Waals surface area (Å²) in [6.45, 7) is 0.0167. The maximum Gasteiger partial charge on any atom is 0.417 e. The predicted molar refractivity (Wildman–Crippen MR) is 74.2 cm³/mol. The number of hydrogen-bond acceptors (Lipinski definition) is 2. The molecule has 0 atom stereocenters. The molecule has 22 heavy (non-hydrogen) atoms. The van der Waals surface area contributed by atoms with E-state index < -0.39 is 22.7 Å². The fourth-order valence-electron chi connectivity index (χ4n) is 1.78. The van der Waals surface area contributed by atoms with E-state index in [0.29, 0.717) is 5.56 Å². The molecule has 0 aliphatic heterocycles. The minimum atomic E-state index is -4.52. The molecule has 1 N–H and O–H groups in total. The van der Waals surface area contributed by atoms with Gasteiger partial charge in [-0.05, 0) is 35.9 Å². The fourth-order valence-corrected chi connectivity index (χ4v) is 2.05. The number of halogens is 4. The van der Waals surface area contributed by atoms with E-state index in [9.17, 15) is 18.0 Å². The summed E-state index contributed by atoms with van der Waals surface area (Å²) in [5, 5.41) is 8.42. The van der Waals surface area contributed by atoms with E-state index in [1.807, 2.05) is 0 Å². The van der Waals surface area contributed by atoms with Crippen LogP contribution in [0.5, 0.6) is 5.75 Å². The number of ether oxygens (including phenoxy) is 1. The summed E-state index contributed by atoms with van der Waals surface area (Å²) in [5.74, 6) is -0.904. The van der Waals surface area contributed by atoms with Crippen LogP contribution in [0.1, 0.15) is 21.5 Å². The number of carboxylic acids is 1. The molecule has 3 nitrogen and oxygen atoms in total. The summed E-state index contributed by atoms with van der Waals surface area (Å²) in [7, 11) is 0. The normalized spacial score (nSPS) is 11.3. The van der Waals surface area contributed by atoms with Crippen molar-refractivity contribution >= 4 is 17.6 Å². The molecule has 0 saturated carbocycles. The van der Waals surface area contributed by atoms with Crippen LogP contribution in [0.4, 0.5) is 13.2 Å². The molecular weight excluding hydrogens is 321 g/mol. The van der Waals surface area contributed by atoms with Crippen molar-refractivity contribution in [3.63, 3.8) is 0 Å². The van der Waals surface area contributed by atoms with Gasteiger partial charge >= 0.3 is 12.1 Å². The zero-order chi connectivity index (χ0) is 16.3. The number of aromatic carboxylic acids is 1. The molecule has 0 aliphatic rings. The molecular formula is C15H10ClF3O3. The molecule has 2 aromatic carbocycles. The van der Waals surface area contributed by atoms with E-state index in [-0.39, 0.29) is 17.9 Å². The lowest BCUT2D eigenvalue weighted by molar-refractivity contribution is -0.137. The number of benzene rings is 2. The largest absolute Gasteiger partial charge is 0.489 e. The van der Waals surface area contributed by atoms with Crippen molar-refractivity contribution in [1.29, 1.82) is 0 Å². The van der Waals surface area contributed by atoms with Crippen molar-refractivity contribution in [2.75, 3.05) is 0 Å². The third-order valence-electron chi connectivity index (χ3n) is 2.83. The van der Waals surface area contributed by atoms with E-state index in [1.165, 1.54) is 12.1 Å². The molecule has 2 aromatic rings. The number of carboxylic acid groups (broad SMARTS) is 1. The second-order valence-electron chi connectivity index (χ2n) is 4.43. The van der Waals surface area contributed by atoms with Gasteiger partial charge in [-0.3, -0.25) is 0 Å². The number of carbonyl (C=O) groups is 1. The van der Waals surface area contributed by atoms with Gasteiger partial charge in [0.25, 0.3) is 0 Å². The Bertz CT molecular complexity index is 699. The van der Waals surface area contributed by atoms with E-state index >= 15 is 0 Å². The molecule has 0 heterocycles. The Morgan fingerprint density at radius 3 is 2.50 bits per heavy atom. The van der Waals surface area contributed by atoms with Crippen LogP contribution in [-0.2, 0) is 12.8 Å². The lowest BCUT2D eigenvalue weighted by Gasteiger charge is -2.11. The van der Waals surface area contributed by atoms with Gasteiger partial charge in [-0.2, -0.15) is 13.2 Å². The summed E-state index contributed by atoms with van der Waals surface area (Å²) in [6, 6.07) is 9.14. The zero-order valence-corrected chi connectivity index (χ0v) is 11.8. The highest BCUT2D eigenvalue weighted by molar-refractivity contribution is 6.31. The van der Waals surface area contributed by atoms with Crippen LogP contribution in [0.2, 0.25) is 5.02 Å². The average Bonchev–Trinajstić information content (AvgIpc) is 2.44. The van der Waals surface area contributed by atoms with Gasteiger partial charge in [0.1, 0.15) is 12.4 Å². The number of alkyl halides is 3. The van der Waals surface area contributed by atoms with Crippen molar-refractivity contribution in [3.05, 3.63) is 64.2 Å². The van der Waals surface area contributed by atoms with Gasteiger partial charge in [0.15, 0.2) is 0 Å². The Hall–Kier alpha value is -2.21. The summed E-state index contributed by atoms with van der Waals surface area (Å²) in [5.41, 5.74) is -0.253. The number of hydrogen-bond donors (Lipinski definition) is 1. The molecule has 0 radical (unpaired) electrons. The van der Waals surface area contributed by atoms with Crippen molar-refractivity contribution in [2.24, 2.45) is 0 Å². The van der Waals surface area contributed by atoms with Crippen LogP contribution in [0.25, 0.3) is 0 Å². The fraction of sp³-hybridized carbons (Fsp3) is 0.133. The molecule has 7 heteroatoms. The van der Waals surface area contributed by atoms with E-state index in [0.717, 1.165) is 18.2 Å². The molecule has 0 unspecified atom stereocenters. The standard InChI is InChI=1S/C15H10ClF3O3/c16-13-7-11(4-5-12(13)15(17,18)19)22-8-9-2-1-3-10(6-9)14(20)21/h1-7H,8H2,(H,20,21). The van der Waals surface area contributed by atoms with Gasteiger partial charge in [0, 0.05) is 0 Å².